The predicted molar refractivity (Wildman–Crippen MR) is 108 cm³/mol. The number of nitrogens with zero attached hydrogens (tertiary/aromatic N) is 4. The summed E-state index contributed by atoms with van der Waals surface area (Å²) in [6.07, 6.45) is 7.11. The van der Waals surface area contributed by atoms with Crippen molar-refractivity contribution in [2.24, 2.45) is 7.05 Å². The van der Waals surface area contributed by atoms with Crippen molar-refractivity contribution in [3.63, 3.8) is 0 Å². The van der Waals surface area contributed by atoms with Gasteiger partial charge in [-0.15, -0.1) is 0 Å². The Morgan fingerprint density at radius 1 is 1.14 bits per heavy atom. The lowest BCUT2D eigenvalue weighted by Gasteiger charge is -2.11. The average Bonchev–Trinajstić information content (AvgIpc) is 3.13. The maximum Gasteiger partial charge on any atom is 0.171 e. The number of ether oxygens (including phenoxy) is 2. The van der Waals surface area contributed by atoms with E-state index in [1.807, 2.05) is 37.5 Å². The average molecular weight is 396 g/mol. The van der Waals surface area contributed by atoms with Gasteiger partial charge < -0.3 is 14.8 Å². The third-order valence-corrected chi connectivity index (χ3v) is 4.47. The van der Waals surface area contributed by atoms with Crippen molar-refractivity contribution in [2.75, 3.05) is 12.4 Å². The fraction of sp³-hybridized carbons (Fsp3) is 0.150. The number of methoxy groups -OCH3 is 1. The summed E-state index contributed by atoms with van der Waals surface area (Å²) < 4.78 is 12.8. The number of halogens is 1. The van der Waals surface area contributed by atoms with Crippen molar-refractivity contribution < 1.29 is 9.47 Å². The smallest absolute Gasteiger partial charge is 0.171 e. The number of aromatic nitrogens is 4. The largest absolute Gasteiger partial charge is 0.493 e. The van der Waals surface area contributed by atoms with Crippen LogP contribution in [0.3, 0.4) is 0 Å². The minimum atomic E-state index is 0.314. The van der Waals surface area contributed by atoms with E-state index in [1.165, 1.54) is 0 Å². The lowest BCUT2D eigenvalue weighted by Crippen LogP contribution is -1.97. The summed E-state index contributed by atoms with van der Waals surface area (Å²) in [4.78, 5) is 8.56. The van der Waals surface area contributed by atoms with Gasteiger partial charge in [-0.05, 0) is 29.7 Å². The highest BCUT2D eigenvalue weighted by Crippen LogP contribution is 2.30. The summed E-state index contributed by atoms with van der Waals surface area (Å²) in [7, 11) is 3.43. The number of fused-ring (bicyclic) bond motifs is 1. The Labute approximate surface area is 166 Å². The van der Waals surface area contributed by atoms with Gasteiger partial charge in [0.05, 0.1) is 25.2 Å². The van der Waals surface area contributed by atoms with Crippen molar-refractivity contribution in [1.82, 2.24) is 19.7 Å². The van der Waals surface area contributed by atoms with Crippen LogP contribution in [-0.4, -0.2) is 26.9 Å². The number of rotatable bonds is 6. The topological polar surface area (TPSA) is 74.1 Å². The van der Waals surface area contributed by atoms with E-state index in [2.05, 4.69) is 20.4 Å². The van der Waals surface area contributed by atoms with Crippen LogP contribution in [0.1, 0.15) is 5.56 Å². The molecule has 0 unspecified atom stereocenters. The first kappa shape index (κ1) is 18.1. The number of benzene rings is 1. The van der Waals surface area contributed by atoms with Gasteiger partial charge in [0.25, 0.3) is 0 Å². The molecule has 0 aliphatic carbocycles. The summed E-state index contributed by atoms with van der Waals surface area (Å²) in [5.74, 6) is 1.99. The van der Waals surface area contributed by atoms with Gasteiger partial charge in [0, 0.05) is 36.5 Å². The molecule has 142 valence electrons. The minimum absolute atomic E-state index is 0.314. The Kier molecular flexibility index (Phi) is 4.99. The Morgan fingerprint density at radius 3 is 2.82 bits per heavy atom. The Balaban J connectivity index is 1.56. The first-order valence-corrected chi connectivity index (χ1v) is 8.96. The summed E-state index contributed by atoms with van der Waals surface area (Å²) in [6, 6.07) is 9.61. The van der Waals surface area contributed by atoms with Crippen LogP contribution in [0.5, 0.6) is 11.5 Å². The summed E-state index contributed by atoms with van der Waals surface area (Å²) >= 11 is 5.99. The Bertz CT molecular complexity index is 1130. The second-order valence-electron chi connectivity index (χ2n) is 6.20. The molecule has 3 heterocycles. The third kappa shape index (κ3) is 3.84. The molecule has 8 heteroatoms. The Morgan fingerprint density at radius 2 is 2.04 bits per heavy atom. The molecular weight excluding hydrogens is 378 g/mol. The molecule has 1 N–H and O–H groups in total. The zero-order chi connectivity index (χ0) is 19.5. The lowest BCUT2D eigenvalue weighted by atomic mass is 10.1. The quantitative estimate of drug-likeness (QED) is 0.489. The van der Waals surface area contributed by atoms with Crippen LogP contribution in [0.2, 0.25) is 5.15 Å². The third-order valence-electron chi connectivity index (χ3n) is 4.19. The first-order chi connectivity index (χ1) is 13.6. The second-order valence-corrected chi connectivity index (χ2v) is 6.55. The molecule has 3 aromatic heterocycles. The van der Waals surface area contributed by atoms with E-state index < -0.39 is 0 Å². The van der Waals surface area contributed by atoms with Gasteiger partial charge in [0.2, 0.25) is 0 Å². The van der Waals surface area contributed by atoms with Crippen LogP contribution in [0.25, 0.3) is 10.8 Å². The zero-order valence-corrected chi connectivity index (χ0v) is 16.1. The normalized spacial score (nSPS) is 10.8. The minimum Gasteiger partial charge on any atom is -0.493 e. The number of aryl methyl sites for hydroxylation is 1. The van der Waals surface area contributed by atoms with Gasteiger partial charge in [0.1, 0.15) is 18.2 Å². The molecule has 1 aromatic carbocycles. The zero-order valence-electron chi connectivity index (χ0n) is 15.4. The molecule has 0 radical (unpaired) electrons. The molecule has 0 fully saturated rings. The molecule has 0 spiro atoms. The van der Waals surface area contributed by atoms with Gasteiger partial charge in [0.15, 0.2) is 10.9 Å². The summed E-state index contributed by atoms with van der Waals surface area (Å²) in [5, 5.41) is 9.70. The number of hydrogen-bond acceptors (Lipinski definition) is 6. The summed E-state index contributed by atoms with van der Waals surface area (Å²) in [5.41, 5.74) is 1.75. The van der Waals surface area contributed by atoms with Crippen LogP contribution < -0.4 is 14.8 Å². The molecule has 0 saturated heterocycles. The van der Waals surface area contributed by atoms with Gasteiger partial charge >= 0.3 is 0 Å². The van der Waals surface area contributed by atoms with E-state index in [-0.39, 0.29) is 0 Å². The van der Waals surface area contributed by atoms with E-state index in [4.69, 9.17) is 21.1 Å². The second kappa shape index (κ2) is 7.74. The van der Waals surface area contributed by atoms with Crippen molar-refractivity contribution in [1.29, 1.82) is 0 Å². The highest BCUT2D eigenvalue weighted by Gasteiger charge is 2.08. The monoisotopic (exact) mass is 395 g/mol. The number of anilines is 2. The standard InChI is InChI=1S/C20H18ClN5O2/c1-26-11-13(9-24-26)12-28-16-3-4-17-14(7-16)5-6-22-20(17)25-15-8-18(27-2)19(21)23-10-15/h3-11H,12H2,1-2H3,(H,22,25). The Hall–Kier alpha value is -3.32. The van der Waals surface area contributed by atoms with Gasteiger partial charge in [-0.3, -0.25) is 4.68 Å². The van der Waals surface area contributed by atoms with Crippen LogP contribution in [-0.2, 0) is 13.7 Å². The van der Waals surface area contributed by atoms with Crippen molar-refractivity contribution in [2.45, 2.75) is 6.61 Å². The molecule has 0 aliphatic heterocycles. The van der Waals surface area contributed by atoms with Crippen LogP contribution in [0, 0.1) is 0 Å². The lowest BCUT2D eigenvalue weighted by molar-refractivity contribution is 0.306. The van der Waals surface area contributed by atoms with E-state index in [9.17, 15) is 0 Å². The highest BCUT2D eigenvalue weighted by atomic mass is 35.5. The van der Waals surface area contributed by atoms with Crippen molar-refractivity contribution in [3.8, 4) is 11.5 Å². The molecule has 0 bridgehead atoms. The van der Waals surface area contributed by atoms with E-state index in [0.717, 1.165) is 27.8 Å². The molecule has 28 heavy (non-hydrogen) atoms. The molecule has 0 aliphatic rings. The maximum absolute atomic E-state index is 5.99. The molecule has 7 nitrogen and oxygen atoms in total. The van der Waals surface area contributed by atoms with E-state index in [1.54, 1.807) is 36.4 Å². The maximum atomic E-state index is 5.99. The van der Waals surface area contributed by atoms with Crippen LogP contribution in [0.4, 0.5) is 11.5 Å². The fourth-order valence-corrected chi connectivity index (χ4v) is 3.02. The predicted octanol–water partition coefficient (Wildman–Crippen LogP) is 4.35. The van der Waals surface area contributed by atoms with Crippen molar-refractivity contribution in [3.05, 3.63) is 65.8 Å². The molecule has 0 amide bonds. The molecule has 4 rings (SSSR count). The van der Waals surface area contributed by atoms with Gasteiger partial charge in [-0.25, -0.2) is 9.97 Å². The number of pyridine rings is 2. The van der Waals surface area contributed by atoms with Crippen LogP contribution >= 0.6 is 11.6 Å². The molecule has 4 aromatic rings. The van der Waals surface area contributed by atoms with E-state index in [0.29, 0.717) is 23.3 Å². The fourth-order valence-electron chi connectivity index (χ4n) is 2.83. The van der Waals surface area contributed by atoms with Gasteiger partial charge in [-0.1, -0.05) is 11.6 Å². The summed E-state index contributed by atoms with van der Waals surface area (Å²) in [6.45, 7) is 0.464. The molecular formula is C20H18ClN5O2. The van der Waals surface area contributed by atoms with Crippen LogP contribution in [0.15, 0.2) is 55.1 Å². The number of hydrogen-bond donors (Lipinski definition) is 1. The molecule has 0 atom stereocenters. The van der Waals surface area contributed by atoms with Gasteiger partial charge in [-0.2, -0.15) is 5.10 Å². The number of nitrogens with one attached hydrogen (secondary N) is 1. The first-order valence-electron chi connectivity index (χ1n) is 8.58. The van der Waals surface area contributed by atoms with E-state index >= 15 is 0 Å². The molecule has 0 saturated carbocycles. The highest BCUT2D eigenvalue weighted by molar-refractivity contribution is 6.30. The SMILES string of the molecule is COc1cc(Nc2nccc3cc(OCc4cnn(C)c4)ccc23)cnc1Cl. The van der Waals surface area contributed by atoms with Crippen molar-refractivity contribution >= 4 is 33.9 Å².